The fraction of sp³-hybridized carbons (Fsp3) is 0.118. The number of nitrogens with one attached hydrogen (secondary N) is 1. The average molecular weight is 306 g/mol. The zero-order valence-corrected chi connectivity index (χ0v) is 12.2. The van der Waals surface area contributed by atoms with Crippen molar-refractivity contribution in [3.05, 3.63) is 65.2 Å². The maximum atomic E-state index is 11.5. The van der Waals surface area contributed by atoms with E-state index in [-0.39, 0.29) is 5.91 Å². The zero-order valence-electron chi connectivity index (χ0n) is 12.2. The number of fused-ring (bicyclic) bond motifs is 2. The van der Waals surface area contributed by atoms with Crippen LogP contribution in [0.1, 0.15) is 16.7 Å². The van der Waals surface area contributed by atoms with Crippen LogP contribution in [0.25, 0.3) is 0 Å². The van der Waals surface area contributed by atoms with Crippen LogP contribution in [0.2, 0.25) is 0 Å². The fourth-order valence-electron chi connectivity index (χ4n) is 2.89. The van der Waals surface area contributed by atoms with Crippen LogP contribution in [0.5, 0.6) is 0 Å². The molecule has 2 N–H and O–H groups in total. The van der Waals surface area contributed by atoms with Gasteiger partial charge in [0, 0.05) is 17.7 Å². The van der Waals surface area contributed by atoms with E-state index in [1.54, 1.807) is 0 Å². The van der Waals surface area contributed by atoms with Gasteiger partial charge in [0.15, 0.2) is 0 Å². The normalized spacial score (nSPS) is 16.5. The molecule has 0 aliphatic carbocycles. The molecule has 0 unspecified atom stereocenters. The van der Waals surface area contributed by atoms with Crippen LogP contribution in [0, 0.1) is 0 Å². The minimum absolute atomic E-state index is 0.0429. The second-order valence-corrected chi connectivity index (χ2v) is 5.50. The summed E-state index contributed by atoms with van der Waals surface area (Å²) in [7, 11) is 0. The lowest BCUT2D eigenvalue weighted by molar-refractivity contribution is -0.118. The Morgan fingerprint density at radius 1 is 1.13 bits per heavy atom. The summed E-state index contributed by atoms with van der Waals surface area (Å²) in [5.41, 5.74) is 3.99. The Labute approximate surface area is 132 Å². The molecule has 0 atom stereocenters. The molecule has 0 aromatic heterocycles. The molecule has 23 heavy (non-hydrogen) atoms. The average Bonchev–Trinajstić information content (AvgIpc) is 2.93. The molecule has 1 saturated heterocycles. The molecule has 6 heteroatoms. The van der Waals surface area contributed by atoms with Crippen LogP contribution >= 0.6 is 0 Å². The van der Waals surface area contributed by atoms with Gasteiger partial charge in [0.05, 0.1) is 5.69 Å². The number of amides is 1. The molecule has 2 heterocycles. The Morgan fingerprint density at radius 2 is 1.96 bits per heavy atom. The molecular formula is C17H14N4O2. The number of nitrogens with zero attached hydrogens (tertiary/aromatic N) is 3. The van der Waals surface area contributed by atoms with E-state index in [1.807, 2.05) is 53.4 Å². The van der Waals surface area contributed by atoms with Gasteiger partial charge in [0.25, 0.3) is 0 Å². The summed E-state index contributed by atoms with van der Waals surface area (Å²) in [5.74, 6) is 0.563. The number of aliphatic imine (C=N–C) groups is 1. The molecule has 0 saturated carbocycles. The van der Waals surface area contributed by atoms with Gasteiger partial charge in [-0.15, -0.1) is 0 Å². The van der Waals surface area contributed by atoms with Crippen molar-refractivity contribution in [3.63, 3.8) is 0 Å². The first-order valence-electron chi connectivity index (χ1n) is 7.29. The van der Waals surface area contributed by atoms with Crippen molar-refractivity contribution in [2.75, 3.05) is 6.54 Å². The molecule has 0 bridgehead atoms. The molecule has 0 radical (unpaired) electrons. The molecule has 2 aromatic rings. The largest absolute Gasteiger partial charge is 0.410 e. The Kier molecular flexibility index (Phi) is 3.08. The maximum absolute atomic E-state index is 11.5. The lowest BCUT2D eigenvalue weighted by Gasteiger charge is -2.23. The molecular weight excluding hydrogens is 292 g/mol. The van der Waals surface area contributed by atoms with Crippen LogP contribution < -0.4 is 5.32 Å². The minimum atomic E-state index is -0.0429. The third kappa shape index (κ3) is 2.34. The second kappa shape index (κ2) is 5.24. The molecule has 2 aliphatic rings. The lowest BCUT2D eigenvalue weighted by atomic mass is 9.99. The van der Waals surface area contributed by atoms with Crippen molar-refractivity contribution in [3.8, 4) is 0 Å². The number of carbonyl (C=O) groups excluding carboxylic acids is 1. The number of oxime groups is 1. The van der Waals surface area contributed by atoms with Gasteiger partial charge in [-0.2, -0.15) is 0 Å². The molecule has 2 aliphatic heterocycles. The monoisotopic (exact) mass is 306 g/mol. The van der Waals surface area contributed by atoms with Crippen LogP contribution in [-0.4, -0.2) is 34.2 Å². The van der Waals surface area contributed by atoms with E-state index in [4.69, 9.17) is 0 Å². The molecule has 2 aromatic carbocycles. The first-order valence-corrected chi connectivity index (χ1v) is 7.29. The highest BCUT2D eigenvalue weighted by atomic mass is 16.4. The predicted molar refractivity (Wildman–Crippen MR) is 86.0 cm³/mol. The van der Waals surface area contributed by atoms with Gasteiger partial charge in [-0.3, -0.25) is 10.1 Å². The van der Waals surface area contributed by atoms with Crippen molar-refractivity contribution in [2.24, 2.45) is 10.1 Å². The first kappa shape index (κ1) is 13.5. The van der Waals surface area contributed by atoms with Gasteiger partial charge in [-0.1, -0.05) is 41.6 Å². The van der Waals surface area contributed by atoms with E-state index in [2.05, 4.69) is 15.5 Å². The molecule has 114 valence electrons. The molecule has 6 nitrogen and oxygen atoms in total. The number of guanidine groups is 1. The summed E-state index contributed by atoms with van der Waals surface area (Å²) in [5, 5.41) is 15.6. The van der Waals surface area contributed by atoms with Gasteiger partial charge >= 0.3 is 0 Å². The number of rotatable bonds is 2. The second-order valence-electron chi connectivity index (χ2n) is 5.50. The van der Waals surface area contributed by atoms with Gasteiger partial charge in [-0.25, -0.2) is 4.99 Å². The third-order valence-electron chi connectivity index (χ3n) is 3.97. The van der Waals surface area contributed by atoms with E-state index >= 15 is 0 Å². The Bertz CT molecular complexity index is 843. The highest BCUT2D eigenvalue weighted by Crippen LogP contribution is 2.28. The van der Waals surface area contributed by atoms with Gasteiger partial charge in [-0.05, 0) is 17.7 Å². The van der Waals surface area contributed by atoms with Crippen molar-refractivity contribution < 1.29 is 10.0 Å². The standard InChI is InChI=1S/C17H14N4O2/c22-15-10-21-9-13-8-12(6-7-14(13)18-17(21)19-15)16(20-23)11-4-2-1-3-5-11/h1-8,23H,9-10H2,(H,18,19,22)/b20-16+. The van der Waals surface area contributed by atoms with E-state index in [0.29, 0.717) is 24.8 Å². The van der Waals surface area contributed by atoms with E-state index < -0.39 is 0 Å². The number of hydrogen-bond acceptors (Lipinski definition) is 5. The summed E-state index contributed by atoms with van der Waals surface area (Å²) in [6, 6.07) is 15.2. The van der Waals surface area contributed by atoms with Gasteiger partial charge in [0.2, 0.25) is 11.9 Å². The Morgan fingerprint density at radius 3 is 2.74 bits per heavy atom. The predicted octanol–water partition coefficient (Wildman–Crippen LogP) is 1.85. The number of carbonyl (C=O) groups is 1. The summed E-state index contributed by atoms with van der Waals surface area (Å²) in [6.07, 6.45) is 0. The number of benzene rings is 2. The third-order valence-corrected chi connectivity index (χ3v) is 3.97. The quantitative estimate of drug-likeness (QED) is 0.505. The van der Waals surface area contributed by atoms with E-state index in [0.717, 1.165) is 22.4 Å². The summed E-state index contributed by atoms with van der Waals surface area (Å²) < 4.78 is 0. The summed E-state index contributed by atoms with van der Waals surface area (Å²) >= 11 is 0. The molecule has 1 amide bonds. The molecule has 0 spiro atoms. The van der Waals surface area contributed by atoms with Crippen LogP contribution in [0.15, 0.2) is 58.7 Å². The lowest BCUT2D eigenvalue weighted by Crippen LogP contribution is -2.32. The smallest absolute Gasteiger partial charge is 0.246 e. The van der Waals surface area contributed by atoms with Crippen LogP contribution in [-0.2, 0) is 11.3 Å². The summed E-state index contributed by atoms with van der Waals surface area (Å²) in [4.78, 5) is 17.8. The highest BCUT2D eigenvalue weighted by Gasteiger charge is 2.29. The van der Waals surface area contributed by atoms with Crippen molar-refractivity contribution >= 4 is 23.3 Å². The summed E-state index contributed by atoms with van der Waals surface area (Å²) in [6.45, 7) is 0.927. The van der Waals surface area contributed by atoms with E-state index in [9.17, 15) is 10.0 Å². The van der Waals surface area contributed by atoms with E-state index in [1.165, 1.54) is 0 Å². The molecule has 4 rings (SSSR count). The topological polar surface area (TPSA) is 77.3 Å². The first-order chi connectivity index (χ1) is 11.2. The Balaban J connectivity index is 1.72. The van der Waals surface area contributed by atoms with Crippen LogP contribution in [0.4, 0.5) is 5.69 Å². The fourth-order valence-corrected chi connectivity index (χ4v) is 2.89. The SMILES string of the molecule is O=C1CN2Cc3cc(/C(=N/O)c4ccccc4)ccc3N=C2N1. The molecule has 1 fully saturated rings. The van der Waals surface area contributed by atoms with Gasteiger partial charge < -0.3 is 10.1 Å². The van der Waals surface area contributed by atoms with Crippen LogP contribution in [0.3, 0.4) is 0 Å². The highest BCUT2D eigenvalue weighted by molar-refractivity contribution is 6.13. The zero-order chi connectivity index (χ0) is 15.8. The van der Waals surface area contributed by atoms with Crippen molar-refractivity contribution in [1.29, 1.82) is 0 Å². The Hall–Kier alpha value is -3.15. The maximum Gasteiger partial charge on any atom is 0.246 e. The minimum Gasteiger partial charge on any atom is -0.410 e. The van der Waals surface area contributed by atoms with Crippen molar-refractivity contribution in [2.45, 2.75) is 6.54 Å². The van der Waals surface area contributed by atoms with Crippen molar-refractivity contribution in [1.82, 2.24) is 10.2 Å². The van der Waals surface area contributed by atoms with Gasteiger partial charge in [0.1, 0.15) is 12.3 Å². The number of hydrogen-bond donors (Lipinski definition) is 2.